The van der Waals surface area contributed by atoms with Gasteiger partial charge in [0.25, 0.3) is 5.56 Å². The second kappa shape index (κ2) is 3.17. The van der Waals surface area contributed by atoms with Crippen LogP contribution in [-0.4, -0.2) is 20.4 Å². The molecule has 0 aliphatic heterocycles. The number of hydrogen-bond donors (Lipinski definition) is 1. The summed E-state index contributed by atoms with van der Waals surface area (Å²) in [7, 11) is 0. The van der Waals surface area contributed by atoms with Crippen LogP contribution < -0.4 is 5.56 Å². The van der Waals surface area contributed by atoms with Crippen molar-refractivity contribution >= 4 is 10.9 Å². The number of rotatable bonds is 1. The maximum Gasteiger partial charge on any atom is 0.273 e. The third-order valence-corrected chi connectivity index (χ3v) is 2.03. The summed E-state index contributed by atoms with van der Waals surface area (Å²) in [6, 6.07) is 1.65. The molecule has 0 fully saturated rings. The lowest BCUT2D eigenvalue weighted by Crippen LogP contribution is -2.13. The Balaban J connectivity index is 2.89. The summed E-state index contributed by atoms with van der Waals surface area (Å²) in [5.74, 6) is 0.214. The van der Waals surface area contributed by atoms with Gasteiger partial charge < -0.3 is 0 Å². The van der Waals surface area contributed by atoms with Gasteiger partial charge in [-0.1, -0.05) is 13.8 Å². The van der Waals surface area contributed by atoms with Gasteiger partial charge in [-0.3, -0.25) is 4.79 Å². The molecule has 2 rings (SSSR count). The maximum atomic E-state index is 11.4. The molecule has 2 aromatic heterocycles. The summed E-state index contributed by atoms with van der Waals surface area (Å²) in [6.07, 6.45) is 1.50. The van der Waals surface area contributed by atoms with Crippen LogP contribution in [0.4, 0.5) is 0 Å². The molecule has 0 spiro atoms. The first-order chi connectivity index (χ1) is 6.70. The number of aromatic amines is 1. The van der Waals surface area contributed by atoms with Crippen LogP contribution in [0, 0.1) is 0 Å². The molecule has 1 N–H and O–H groups in total. The fourth-order valence-corrected chi connectivity index (χ4v) is 1.33. The van der Waals surface area contributed by atoms with Crippen LogP contribution in [0.3, 0.4) is 0 Å². The molecular formula is C9H10N4O. The molecule has 14 heavy (non-hydrogen) atoms. The number of hydrogen-bond acceptors (Lipinski definition) is 4. The van der Waals surface area contributed by atoms with Gasteiger partial charge in [0.2, 0.25) is 0 Å². The first-order valence-corrected chi connectivity index (χ1v) is 4.40. The molecule has 0 saturated heterocycles. The van der Waals surface area contributed by atoms with Crippen molar-refractivity contribution in [1.82, 2.24) is 20.4 Å². The van der Waals surface area contributed by atoms with E-state index in [-0.39, 0.29) is 11.5 Å². The Morgan fingerprint density at radius 3 is 2.93 bits per heavy atom. The minimum Gasteiger partial charge on any atom is -0.267 e. The summed E-state index contributed by atoms with van der Waals surface area (Å²) < 4.78 is 0. The Labute approximate surface area is 80.2 Å². The number of nitrogens with one attached hydrogen (secondary N) is 1. The normalized spacial score (nSPS) is 11.1. The molecule has 0 saturated carbocycles. The van der Waals surface area contributed by atoms with E-state index < -0.39 is 0 Å². The molecule has 0 atom stereocenters. The predicted octanol–water partition coefficient (Wildman–Crippen LogP) is 0.837. The highest BCUT2D eigenvalue weighted by atomic mass is 16.1. The quantitative estimate of drug-likeness (QED) is 0.723. The molecule has 0 amide bonds. The van der Waals surface area contributed by atoms with Crippen LogP contribution in [-0.2, 0) is 0 Å². The van der Waals surface area contributed by atoms with Gasteiger partial charge in [-0.2, -0.15) is 10.2 Å². The number of H-pyrrole nitrogens is 1. The third-order valence-electron chi connectivity index (χ3n) is 2.03. The van der Waals surface area contributed by atoms with E-state index in [9.17, 15) is 4.79 Å². The smallest absolute Gasteiger partial charge is 0.267 e. The van der Waals surface area contributed by atoms with Crippen molar-refractivity contribution in [2.45, 2.75) is 19.8 Å². The third kappa shape index (κ3) is 1.26. The second-order valence-electron chi connectivity index (χ2n) is 3.39. The Morgan fingerprint density at radius 1 is 1.43 bits per heavy atom. The van der Waals surface area contributed by atoms with Crippen LogP contribution >= 0.6 is 0 Å². The van der Waals surface area contributed by atoms with Crippen molar-refractivity contribution in [2.24, 2.45) is 0 Å². The van der Waals surface area contributed by atoms with E-state index >= 15 is 0 Å². The first-order valence-electron chi connectivity index (χ1n) is 4.40. The lowest BCUT2D eigenvalue weighted by atomic mass is 10.1. The van der Waals surface area contributed by atoms with Gasteiger partial charge in [0, 0.05) is 0 Å². The fourth-order valence-electron chi connectivity index (χ4n) is 1.33. The molecule has 0 aliphatic carbocycles. The van der Waals surface area contributed by atoms with Gasteiger partial charge in [0.05, 0.1) is 17.3 Å². The monoisotopic (exact) mass is 190 g/mol. The van der Waals surface area contributed by atoms with Gasteiger partial charge in [-0.15, -0.1) is 5.10 Å². The molecule has 0 radical (unpaired) electrons. The van der Waals surface area contributed by atoms with E-state index in [2.05, 4.69) is 20.4 Å². The van der Waals surface area contributed by atoms with E-state index in [0.29, 0.717) is 10.9 Å². The van der Waals surface area contributed by atoms with E-state index in [1.165, 1.54) is 6.20 Å². The van der Waals surface area contributed by atoms with E-state index in [4.69, 9.17) is 0 Å². The Morgan fingerprint density at radius 2 is 2.21 bits per heavy atom. The highest BCUT2D eigenvalue weighted by molar-refractivity contribution is 5.78. The predicted molar refractivity (Wildman–Crippen MR) is 52.0 cm³/mol. The molecule has 0 unspecified atom stereocenters. The molecule has 0 bridgehead atoms. The minimum absolute atomic E-state index is 0.214. The van der Waals surface area contributed by atoms with Crippen molar-refractivity contribution in [3.63, 3.8) is 0 Å². The van der Waals surface area contributed by atoms with Crippen molar-refractivity contribution in [3.05, 3.63) is 28.3 Å². The van der Waals surface area contributed by atoms with Gasteiger partial charge >= 0.3 is 0 Å². The van der Waals surface area contributed by atoms with Crippen molar-refractivity contribution in [3.8, 4) is 0 Å². The fraction of sp³-hybridized carbons (Fsp3) is 0.333. The summed E-state index contributed by atoms with van der Waals surface area (Å²) in [4.78, 5) is 11.4. The van der Waals surface area contributed by atoms with Crippen LogP contribution in [0.25, 0.3) is 10.9 Å². The van der Waals surface area contributed by atoms with Crippen LogP contribution in [0.5, 0.6) is 0 Å². The van der Waals surface area contributed by atoms with Crippen LogP contribution in [0.15, 0.2) is 17.1 Å². The number of fused-ring (bicyclic) bond motifs is 1. The largest absolute Gasteiger partial charge is 0.273 e. The molecule has 2 aromatic rings. The summed E-state index contributed by atoms with van der Waals surface area (Å²) in [6.45, 7) is 3.99. The highest BCUT2D eigenvalue weighted by Gasteiger charge is 2.10. The lowest BCUT2D eigenvalue weighted by Gasteiger charge is -2.04. The summed E-state index contributed by atoms with van der Waals surface area (Å²) in [5.41, 5.74) is 1.14. The molecule has 2 heterocycles. The Kier molecular flexibility index (Phi) is 1.99. The maximum absolute atomic E-state index is 11.4. The zero-order chi connectivity index (χ0) is 10.1. The number of aromatic nitrogens is 4. The first kappa shape index (κ1) is 8.80. The van der Waals surface area contributed by atoms with Crippen LogP contribution in [0.2, 0.25) is 0 Å². The lowest BCUT2D eigenvalue weighted by molar-refractivity contribution is 0.784. The van der Waals surface area contributed by atoms with Crippen molar-refractivity contribution in [2.75, 3.05) is 0 Å². The highest BCUT2D eigenvalue weighted by Crippen LogP contribution is 2.16. The molecule has 5 nitrogen and oxygen atoms in total. The van der Waals surface area contributed by atoms with Gasteiger partial charge in [0.1, 0.15) is 5.52 Å². The Bertz CT molecular complexity index is 517. The summed E-state index contributed by atoms with van der Waals surface area (Å²) in [5, 5.41) is 14.6. The molecule has 0 aliphatic rings. The SMILES string of the molecule is CC(C)c1n[nH]c(=O)c2ccnnc12. The van der Waals surface area contributed by atoms with Gasteiger partial charge in [0.15, 0.2) is 0 Å². The van der Waals surface area contributed by atoms with Crippen LogP contribution in [0.1, 0.15) is 25.5 Å². The van der Waals surface area contributed by atoms with Gasteiger partial charge in [-0.25, -0.2) is 5.10 Å². The molecule has 72 valence electrons. The zero-order valence-corrected chi connectivity index (χ0v) is 7.98. The van der Waals surface area contributed by atoms with E-state index in [0.717, 1.165) is 5.69 Å². The number of nitrogens with zero attached hydrogens (tertiary/aromatic N) is 3. The topological polar surface area (TPSA) is 71.5 Å². The summed E-state index contributed by atoms with van der Waals surface area (Å²) >= 11 is 0. The minimum atomic E-state index is -0.223. The Hall–Kier alpha value is -1.78. The zero-order valence-electron chi connectivity index (χ0n) is 7.98. The second-order valence-corrected chi connectivity index (χ2v) is 3.39. The average molecular weight is 190 g/mol. The standard InChI is InChI=1S/C9H10N4O/c1-5(2)7-8-6(3-4-10-11-8)9(14)13-12-7/h3-5H,1-2H3,(H,13,14). The van der Waals surface area contributed by atoms with Gasteiger partial charge in [-0.05, 0) is 12.0 Å². The molecule has 5 heteroatoms. The average Bonchev–Trinajstić information content (AvgIpc) is 2.18. The van der Waals surface area contributed by atoms with Crippen molar-refractivity contribution < 1.29 is 0 Å². The molecule has 0 aromatic carbocycles. The van der Waals surface area contributed by atoms with Crippen molar-refractivity contribution in [1.29, 1.82) is 0 Å². The van der Waals surface area contributed by atoms with E-state index in [1.807, 2.05) is 13.8 Å². The van der Waals surface area contributed by atoms with E-state index in [1.54, 1.807) is 6.07 Å². The molecular weight excluding hydrogens is 180 g/mol.